The number of nitrogens with one attached hydrogen (secondary N) is 3. The Kier molecular flexibility index (Phi) is 9.26. The molecule has 8 heteroatoms. The lowest BCUT2D eigenvalue weighted by Crippen LogP contribution is -2.58. The van der Waals surface area contributed by atoms with E-state index in [0.717, 1.165) is 11.1 Å². The molecule has 32 heavy (non-hydrogen) atoms. The van der Waals surface area contributed by atoms with Crippen molar-refractivity contribution in [1.29, 1.82) is 0 Å². The van der Waals surface area contributed by atoms with Gasteiger partial charge in [-0.15, -0.1) is 0 Å². The number of amides is 3. The Bertz CT molecular complexity index is 854. The summed E-state index contributed by atoms with van der Waals surface area (Å²) in [7, 11) is 1.56. The zero-order valence-electron chi connectivity index (χ0n) is 19.6. The van der Waals surface area contributed by atoms with E-state index in [9.17, 15) is 14.4 Å². The van der Waals surface area contributed by atoms with E-state index in [-0.39, 0.29) is 24.2 Å². The van der Waals surface area contributed by atoms with Crippen LogP contribution >= 0.6 is 0 Å². The molecular formula is C24H36N4O4. The second-order valence-electron chi connectivity index (χ2n) is 8.47. The first-order valence-electron chi connectivity index (χ1n) is 11.2. The van der Waals surface area contributed by atoms with Crippen LogP contribution in [0.4, 0.5) is 0 Å². The Labute approximate surface area is 190 Å². The van der Waals surface area contributed by atoms with Gasteiger partial charge in [-0.05, 0) is 41.2 Å². The van der Waals surface area contributed by atoms with Crippen LogP contribution in [0, 0.1) is 11.8 Å². The van der Waals surface area contributed by atoms with E-state index in [0.29, 0.717) is 18.6 Å². The van der Waals surface area contributed by atoms with E-state index in [1.54, 1.807) is 25.5 Å². The van der Waals surface area contributed by atoms with Gasteiger partial charge in [0.1, 0.15) is 17.8 Å². The summed E-state index contributed by atoms with van der Waals surface area (Å²) < 4.78 is 5.42. The first-order chi connectivity index (χ1) is 15.2. The Morgan fingerprint density at radius 2 is 1.59 bits per heavy atom. The van der Waals surface area contributed by atoms with Crippen LogP contribution in [0.25, 0.3) is 6.08 Å². The quantitative estimate of drug-likeness (QED) is 0.551. The van der Waals surface area contributed by atoms with Crippen LogP contribution in [0.15, 0.2) is 24.4 Å². The maximum Gasteiger partial charge on any atom is 0.246 e. The van der Waals surface area contributed by atoms with Crippen LogP contribution in [0.3, 0.4) is 0 Å². The van der Waals surface area contributed by atoms with Crippen molar-refractivity contribution in [2.75, 3.05) is 7.11 Å². The summed E-state index contributed by atoms with van der Waals surface area (Å²) in [6.07, 6.45) is 4.93. The number of nitrogens with two attached hydrogens (primary N) is 1. The minimum absolute atomic E-state index is 0.0915. The number of fused-ring (bicyclic) bond motifs is 2. The van der Waals surface area contributed by atoms with Crippen LogP contribution in [0.5, 0.6) is 5.75 Å². The SMILES string of the molecule is CCC(C)C1NC(=O)C(N)Cc2cc(ccc2OC)/C=C\NC(=O)C(C(C)CC)NC1=O. The van der Waals surface area contributed by atoms with E-state index < -0.39 is 29.9 Å². The second-order valence-corrected chi connectivity index (χ2v) is 8.47. The van der Waals surface area contributed by atoms with Gasteiger partial charge in [-0.1, -0.05) is 46.6 Å². The molecule has 0 saturated carbocycles. The first kappa shape index (κ1) is 25.4. The van der Waals surface area contributed by atoms with Crippen molar-refractivity contribution in [1.82, 2.24) is 16.0 Å². The lowest BCUT2D eigenvalue weighted by Gasteiger charge is -2.29. The maximum absolute atomic E-state index is 13.1. The molecular weight excluding hydrogens is 408 g/mol. The van der Waals surface area contributed by atoms with Crippen molar-refractivity contribution < 1.29 is 19.1 Å². The predicted octanol–water partition coefficient (Wildman–Crippen LogP) is 1.73. The lowest BCUT2D eigenvalue weighted by molar-refractivity contribution is -0.134. The number of benzene rings is 1. The monoisotopic (exact) mass is 444 g/mol. The van der Waals surface area contributed by atoms with Crippen molar-refractivity contribution in [3.63, 3.8) is 0 Å². The molecule has 0 aliphatic carbocycles. The average Bonchev–Trinajstić information content (AvgIpc) is 2.79. The molecule has 0 spiro atoms. The van der Waals surface area contributed by atoms with E-state index in [4.69, 9.17) is 10.5 Å². The highest BCUT2D eigenvalue weighted by atomic mass is 16.5. The van der Waals surface area contributed by atoms with Gasteiger partial charge >= 0.3 is 0 Å². The third-order valence-electron chi connectivity index (χ3n) is 6.17. The summed E-state index contributed by atoms with van der Waals surface area (Å²) in [5.41, 5.74) is 7.80. The Morgan fingerprint density at radius 1 is 1.00 bits per heavy atom. The van der Waals surface area contributed by atoms with Gasteiger partial charge in [0.15, 0.2) is 0 Å². The zero-order valence-corrected chi connectivity index (χ0v) is 19.6. The summed E-state index contributed by atoms with van der Waals surface area (Å²) in [6, 6.07) is 3.13. The van der Waals surface area contributed by atoms with E-state index in [1.807, 2.05) is 39.8 Å². The van der Waals surface area contributed by atoms with Gasteiger partial charge in [0.05, 0.1) is 13.2 Å². The van der Waals surface area contributed by atoms with Gasteiger partial charge in [-0.25, -0.2) is 0 Å². The third-order valence-corrected chi connectivity index (χ3v) is 6.17. The van der Waals surface area contributed by atoms with Gasteiger partial charge in [-0.3, -0.25) is 14.4 Å². The van der Waals surface area contributed by atoms with Crippen molar-refractivity contribution in [2.45, 2.75) is 65.1 Å². The molecule has 5 atom stereocenters. The number of carbonyl (C=O) groups is 3. The molecule has 0 fully saturated rings. The summed E-state index contributed by atoms with van der Waals surface area (Å²) in [4.78, 5) is 38.9. The Morgan fingerprint density at radius 3 is 2.19 bits per heavy atom. The largest absolute Gasteiger partial charge is 0.496 e. The zero-order chi connectivity index (χ0) is 23.8. The summed E-state index contributed by atoms with van der Waals surface area (Å²) in [5.74, 6) is -0.734. The molecule has 1 aromatic carbocycles. The molecule has 1 aromatic rings. The Hall–Kier alpha value is -2.87. The number of rotatable bonds is 5. The fourth-order valence-electron chi connectivity index (χ4n) is 3.61. The highest BCUT2D eigenvalue weighted by molar-refractivity contribution is 5.93. The molecule has 0 saturated heterocycles. The molecule has 176 valence electrons. The molecule has 1 aliphatic heterocycles. The Balaban J connectivity index is 2.48. The molecule has 1 aliphatic rings. The fraction of sp³-hybridized carbons (Fsp3) is 0.542. The highest BCUT2D eigenvalue weighted by Crippen LogP contribution is 2.22. The molecule has 3 amide bonds. The van der Waals surface area contributed by atoms with Gasteiger partial charge in [0.25, 0.3) is 0 Å². The average molecular weight is 445 g/mol. The van der Waals surface area contributed by atoms with Gasteiger partial charge in [0.2, 0.25) is 17.7 Å². The van der Waals surface area contributed by atoms with Gasteiger partial charge in [-0.2, -0.15) is 0 Å². The van der Waals surface area contributed by atoms with Crippen LogP contribution < -0.4 is 26.4 Å². The summed E-state index contributed by atoms with van der Waals surface area (Å²) >= 11 is 0. The maximum atomic E-state index is 13.1. The molecule has 2 bridgehead atoms. The molecule has 0 radical (unpaired) electrons. The third kappa shape index (κ3) is 6.32. The molecule has 8 nitrogen and oxygen atoms in total. The fourth-order valence-corrected chi connectivity index (χ4v) is 3.61. The summed E-state index contributed by atoms with van der Waals surface area (Å²) in [6.45, 7) is 7.70. The molecule has 5 N–H and O–H groups in total. The minimum Gasteiger partial charge on any atom is -0.496 e. The first-order valence-corrected chi connectivity index (χ1v) is 11.2. The van der Waals surface area contributed by atoms with E-state index in [2.05, 4.69) is 16.0 Å². The highest BCUT2D eigenvalue weighted by Gasteiger charge is 2.33. The van der Waals surface area contributed by atoms with Crippen molar-refractivity contribution in [3.8, 4) is 5.75 Å². The van der Waals surface area contributed by atoms with E-state index >= 15 is 0 Å². The van der Waals surface area contributed by atoms with Crippen molar-refractivity contribution in [3.05, 3.63) is 35.5 Å². The standard InChI is InChI=1S/C24H36N4O4/c1-6-14(3)20-23(30)26-11-10-16-8-9-19(32-5)17(12-16)13-18(25)22(29)27-21(15(4)7-2)24(31)28-20/h8-12,14-15,18,20-21H,6-7,13,25H2,1-5H3,(H,26,30)(H,27,29)(H,28,31)/b11-10-. The van der Waals surface area contributed by atoms with Gasteiger partial charge < -0.3 is 26.4 Å². The minimum atomic E-state index is -0.863. The van der Waals surface area contributed by atoms with E-state index in [1.165, 1.54) is 0 Å². The van der Waals surface area contributed by atoms with Crippen LogP contribution in [0.2, 0.25) is 0 Å². The van der Waals surface area contributed by atoms with Crippen LogP contribution in [0.1, 0.15) is 51.7 Å². The van der Waals surface area contributed by atoms with Crippen LogP contribution in [-0.4, -0.2) is 43.0 Å². The van der Waals surface area contributed by atoms with Crippen molar-refractivity contribution in [2.24, 2.45) is 17.6 Å². The summed E-state index contributed by atoms with van der Waals surface area (Å²) in [5, 5.41) is 8.44. The normalized spacial score (nSPS) is 25.3. The number of carbonyl (C=O) groups excluding carboxylic acids is 3. The lowest BCUT2D eigenvalue weighted by atomic mass is 9.94. The van der Waals surface area contributed by atoms with Crippen molar-refractivity contribution >= 4 is 23.8 Å². The second kappa shape index (κ2) is 11.7. The molecule has 1 heterocycles. The smallest absolute Gasteiger partial charge is 0.246 e. The molecule has 2 rings (SSSR count). The van der Waals surface area contributed by atoms with Crippen LogP contribution in [-0.2, 0) is 20.8 Å². The topological polar surface area (TPSA) is 123 Å². The molecule has 0 aromatic heterocycles. The predicted molar refractivity (Wildman–Crippen MR) is 125 cm³/mol. The number of methoxy groups -OCH3 is 1. The number of hydrogen-bond acceptors (Lipinski definition) is 5. The number of ether oxygens (including phenoxy) is 1. The number of hydrogen-bond donors (Lipinski definition) is 4. The molecule has 5 unspecified atom stereocenters. The van der Waals surface area contributed by atoms with Gasteiger partial charge in [0, 0.05) is 12.6 Å².